The minimum Gasteiger partial charge on any atom is -0.335 e. The first-order valence-corrected chi connectivity index (χ1v) is 5.50. The molecule has 1 aromatic rings. The molecule has 0 aliphatic heterocycles. The van der Waals surface area contributed by atoms with Crippen molar-refractivity contribution >= 4 is 11.7 Å². The summed E-state index contributed by atoms with van der Waals surface area (Å²) in [7, 11) is 0. The lowest BCUT2D eigenvalue weighted by atomic mass is 10.2. The number of nitrogens with one attached hydrogen (secondary N) is 2. The minimum atomic E-state index is -0.228. The number of hydrogen-bond acceptors (Lipinski definition) is 2. The third-order valence-electron chi connectivity index (χ3n) is 2.59. The molecule has 0 unspecified atom stereocenters. The molecule has 1 aliphatic carbocycles. The molecule has 4 heteroatoms. The average molecular weight is 227 g/mol. The topological polar surface area (TPSA) is 64.9 Å². The van der Waals surface area contributed by atoms with E-state index in [9.17, 15) is 4.79 Å². The van der Waals surface area contributed by atoms with Crippen LogP contribution in [-0.2, 0) is 0 Å². The minimum absolute atomic E-state index is 0.189. The van der Waals surface area contributed by atoms with E-state index in [0.29, 0.717) is 11.3 Å². The van der Waals surface area contributed by atoms with Crippen LogP contribution in [0.1, 0.15) is 18.4 Å². The van der Waals surface area contributed by atoms with E-state index in [1.165, 1.54) is 0 Å². The van der Waals surface area contributed by atoms with E-state index in [2.05, 4.69) is 22.8 Å². The summed E-state index contributed by atoms with van der Waals surface area (Å²) >= 11 is 0. The van der Waals surface area contributed by atoms with E-state index >= 15 is 0 Å². The Morgan fingerprint density at radius 2 is 2.12 bits per heavy atom. The van der Waals surface area contributed by atoms with Crippen LogP contribution in [0.25, 0.3) is 0 Å². The smallest absolute Gasteiger partial charge is 0.319 e. The van der Waals surface area contributed by atoms with Crippen LogP contribution < -0.4 is 10.6 Å². The van der Waals surface area contributed by atoms with Crippen LogP contribution in [0, 0.1) is 11.3 Å². The van der Waals surface area contributed by atoms with Crippen LogP contribution in [0.5, 0.6) is 0 Å². The maximum absolute atomic E-state index is 11.6. The number of nitriles is 1. The van der Waals surface area contributed by atoms with Gasteiger partial charge in [0.15, 0.2) is 0 Å². The van der Waals surface area contributed by atoms with Gasteiger partial charge in [0.1, 0.15) is 0 Å². The Balaban J connectivity index is 1.91. The van der Waals surface area contributed by atoms with Crippen LogP contribution in [0.15, 0.2) is 36.4 Å². The Kier molecular flexibility index (Phi) is 3.41. The third kappa shape index (κ3) is 3.08. The second-order valence-corrected chi connectivity index (χ2v) is 3.93. The van der Waals surface area contributed by atoms with Crippen LogP contribution in [0.2, 0.25) is 0 Å². The molecular weight excluding hydrogens is 214 g/mol. The first kappa shape index (κ1) is 11.2. The monoisotopic (exact) mass is 227 g/mol. The molecule has 0 heterocycles. The predicted molar refractivity (Wildman–Crippen MR) is 65.5 cm³/mol. The number of carbonyl (C=O) groups excluding carboxylic acids is 1. The molecule has 0 saturated carbocycles. The van der Waals surface area contributed by atoms with Gasteiger partial charge in [0.2, 0.25) is 0 Å². The molecule has 2 amide bonds. The Labute approximate surface area is 99.9 Å². The van der Waals surface area contributed by atoms with E-state index < -0.39 is 0 Å². The summed E-state index contributed by atoms with van der Waals surface area (Å²) < 4.78 is 0. The molecule has 0 aromatic heterocycles. The maximum atomic E-state index is 11.6. The van der Waals surface area contributed by atoms with Gasteiger partial charge in [-0.3, -0.25) is 0 Å². The Morgan fingerprint density at radius 1 is 1.35 bits per heavy atom. The van der Waals surface area contributed by atoms with Crippen molar-refractivity contribution in [3.8, 4) is 6.07 Å². The van der Waals surface area contributed by atoms with Crippen LogP contribution >= 0.6 is 0 Å². The SMILES string of the molecule is N#Cc1cccc(NC(=O)NC2CC=CC2)c1. The fourth-order valence-electron chi connectivity index (χ4n) is 1.75. The quantitative estimate of drug-likeness (QED) is 0.762. The number of hydrogen-bond donors (Lipinski definition) is 2. The second kappa shape index (κ2) is 5.17. The number of urea groups is 1. The highest BCUT2D eigenvalue weighted by Crippen LogP contribution is 2.11. The summed E-state index contributed by atoms with van der Waals surface area (Å²) in [6, 6.07) is 8.84. The van der Waals surface area contributed by atoms with Crippen molar-refractivity contribution < 1.29 is 4.79 Å². The van der Waals surface area contributed by atoms with Crippen molar-refractivity contribution in [3.05, 3.63) is 42.0 Å². The lowest BCUT2D eigenvalue weighted by Crippen LogP contribution is -2.36. The van der Waals surface area contributed by atoms with Crippen molar-refractivity contribution in [2.24, 2.45) is 0 Å². The van der Waals surface area contributed by atoms with Crippen LogP contribution in [0.4, 0.5) is 10.5 Å². The van der Waals surface area contributed by atoms with Gasteiger partial charge >= 0.3 is 6.03 Å². The zero-order valence-electron chi connectivity index (χ0n) is 9.31. The van der Waals surface area contributed by atoms with Crippen LogP contribution in [-0.4, -0.2) is 12.1 Å². The zero-order chi connectivity index (χ0) is 12.1. The Morgan fingerprint density at radius 3 is 2.82 bits per heavy atom. The van der Waals surface area contributed by atoms with Crippen LogP contribution in [0.3, 0.4) is 0 Å². The largest absolute Gasteiger partial charge is 0.335 e. The molecular formula is C13H13N3O. The summed E-state index contributed by atoms with van der Waals surface area (Å²) in [4.78, 5) is 11.6. The molecule has 0 radical (unpaired) electrons. The van der Waals surface area contributed by atoms with E-state index in [1.807, 2.05) is 6.07 Å². The molecule has 1 aliphatic rings. The number of amides is 2. The maximum Gasteiger partial charge on any atom is 0.319 e. The first-order valence-electron chi connectivity index (χ1n) is 5.50. The average Bonchev–Trinajstić information content (AvgIpc) is 2.82. The highest BCUT2D eigenvalue weighted by molar-refractivity contribution is 5.89. The zero-order valence-corrected chi connectivity index (χ0v) is 9.31. The van der Waals surface area contributed by atoms with Gasteiger partial charge in [0.25, 0.3) is 0 Å². The van der Waals surface area contributed by atoms with Gasteiger partial charge < -0.3 is 10.6 Å². The van der Waals surface area contributed by atoms with Gasteiger partial charge in [-0.15, -0.1) is 0 Å². The summed E-state index contributed by atoms with van der Waals surface area (Å²) in [6.07, 6.45) is 5.87. The molecule has 0 spiro atoms. The molecule has 0 saturated heterocycles. The van der Waals surface area contributed by atoms with Gasteiger partial charge in [0, 0.05) is 11.7 Å². The van der Waals surface area contributed by atoms with E-state index in [1.54, 1.807) is 24.3 Å². The summed E-state index contributed by atoms with van der Waals surface area (Å²) in [6.45, 7) is 0. The molecule has 0 atom stereocenters. The van der Waals surface area contributed by atoms with Gasteiger partial charge in [0.05, 0.1) is 11.6 Å². The van der Waals surface area contributed by atoms with Crippen molar-refractivity contribution in [2.45, 2.75) is 18.9 Å². The lowest BCUT2D eigenvalue weighted by molar-refractivity contribution is 0.249. The fourth-order valence-corrected chi connectivity index (χ4v) is 1.75. The van der Waals surface area contributed by atoms with Crippen molar-refractivity contribution in [2.75, 3.05) is 5.32 Å². The molecule has 0 bridgehead atoms. The molecule has 86 valence electrons. The fraction of sp³-hybridized carbons (Fsp3) is 0.231. The van der Waals surface area contributed by atoms with Gasteiger partial charge in [-0.1, -0.05) is 18.2 Å². The third-order valence-corrected chi connectivity index (χ3v) is 2.59. The number of nitrogens with zero attached hydrogens (tertiary/aromatic N) is 1. The van der Waals surface area contributed by atoms with Crippen molar-refractivity contribution in [3.63, 3.8) is 0 Å². The molecule has 1 aromatic carbocycles. The number of rotatable bonds is 2. The first-order chi connectivity index (χ1) is 8.28. The number of benzene rings is 1. The Bertz CT molecular complexity index is 480. The normalized spacial score (nSPS) is 14.3. The van der Waals surface area contributed by atoms with Crippen molar-refractivity contribution in [1.82, 2.24) is 5.32 Å². The van der Waals surface area contributed by atoms with E-state index in [-0.39, 0.29) is 12.1 Å². The standard InChI is InChI=1S/C13H13N3O/c14-9-10-4-3-7-12(8-10)16-13(17)15-11-5-1-2-6-11/h1-4,7-8,11H,5-6H2,(H2,15,16,17). The molecule has 2 N–H and O–H groups in total. The molecule has 2 rings (SSSR count). The number of carbonyl (C=O) groups is 1. The molecule has 17 heavy (non-hydrogen) atoms. The lowest BCUT2D eigenvalue weighted by Gasteiger charge is -2.13. The molecule has 0 fully saturated rings. The van der Waals surface area contributed by atoms with Gasteiger partial charge in [-0.2, -0.15) is 5.26 Å². The summed E-state index contributed by atoms with van der Waals surface area (Å²) in [5, 5.41) is 14.3. The van der Waals surface area contributed by atoms with E-state index in [0.717, 1.165) is 12.8 Å². The predicted octanol–water partition coefficient (Wildman–Crippen LogP) is 2.40. The van der Waals surface area contributed by atoms with Gasteiger partial charge in [-0.25, -0.2) is 4.79 Å². The van der Waals surface area contributed by atoms with Crippen molar-refractivity contribution in [1.29, 1.82) is 5.26 Å². The molecule has 4 nitrogen and oxygen atoms in total. The highest BCUT2D eigenvalue weighted by Gasteiger charge is 2.12. The van der Waals surface area contributed by atoms with Gasteiger partial charge in [-0.05, 0) is 31.0 Å². The summed E-state index contributed by atoms with van der Waals surface area (Å²) in [5.74, 6) is 0. The Hall–Kier alpha value is -2.28. The summed E-state index contributed by atoms with van der Waals surface area (Å²) in [5.41, 5.74) is 1.16. The number of anilines is 1. The van der Waals surface area contributed by atoms with E-state index in [4.69, 9.17) is 5.26 Å². The highest BCUT2D eigenvalue weighted by atomic mass is 16.2. The second-order valence-electron chi connectivity index (χ2n) is 3.93.